The highest BCUT2D eigenvalue weighted by molar-refractivity contribution is 7.18. The minimum absolute atomic E-state index is 0.107. The number of piperidine rings is 1. The number of likely N-dealkylation sites (tertiary alicyclic amines) is 1. The van der Waals surface area contributed by atoms with Gasteiger partial charge in [0.15, 0.2) is 5.13 Å². The molecule has 2 heterocycles. The van der Waals surface area contributed by atoms with Crippen LogP contribution < -0.4 is 16.4 Å². The summed E-state index contributed by atoms with van der Waals surface area (Å²) in [7, 11) is 2.07. The van der Waals surface area contributed by atoms with Crippen LogP contribution in [0.2, 0.25) is 0 Å². The molecule has 1 saturated heterocycles. The first-order chi connectivity index (χ1) is 9.74. The second-order valence-corrected chi connectivity index (χ2v) is 7.68. The number of carbonyl (C=O) groups is 1. The first-order valence-corrected chi connectivity index (χ1v) is 8.10. The van der Waals surface area contributed by atoms with Crippen LogP contribution in [0.15, 0.2) is 0 Å². The summed E-state index contributed by atoms with van der Waals surface area (Å²) in [4.78, 5) is 19.3. The van der Waals surface area contributed by atoms with Crippen molar-refractivity contribution < 1.29 is 4.79 Å². The maximum absolute atomic E-state index is 12.4. The van der Waals surface area contributed by atoms with Gasteiger partial charge in [0.1, 0.15) is 10.7 Å². The fourth-order valence-electron chi connectivity index (χ4n) is 2.40. The summed E-state index contributed by atoms with van der Waals surface area (Å²) in [6, 6.07) is 0.191. The van der Waals surface area contributed by atoms with Crippen molar-refractivity contribution in [3.8, 4) is 0 Å². The van der Waals surface area contributed by atoms with Crippen LogP contribution in [0.5, 0.6) is 0 Å². The van der Waals surface area contributed by atoms with Gasteiger partial charge in [-0.2, -0.15) is 0 Å². The lowest BCUT2D eigenvalue weighted by molar-refractivity contribution is 0.0917. The maximum atomic E-state index is 12.4. The van der Waals surface area contributed by atoms with Crippen molar-refractivity contribution in [3.05, 3.63) is 4.88 Å². The highest BCUT2D eigenvalue weighted by Gasteiger charge is 2.23. The molecule has 7 heteroatoms. The number of amides is 1. The van der Waals surface area contributed by atoms with Gasteiger partial charge in [0, 0.05) is 18.1 Å². The standard InChI is InChI=1S/C14H25N5OS/c1-14(2,3)18-13-17-11(15)10(21-13)12(20)16-9-6-5-7-19(4)8-9/h9H,5-8,15H2,1-4H3,(H,16,20)(H,17,18). The molecule has 0 saturated carbocycles. The molecule has 1 atom stereocenters. The Morgan fingerprint density at radius 1 is 1.48 bits per heavy atom. The monoisotopic (exact) mass is 311 g/mol. The highest BCUT2D eigenvalue weighted by Crippen LogP contribution is 2.27. The van der Waals surface area contributed by atoms with Gasteiger partial charge in [-0.3, -0.25) is 4.79 Å². The number of thiazole rings is 1. The Bertz CT molecular complexity index is 508. The molecule has 21 heavy (non-hydrogen) atoms. The first-order valence-electron chi connectivity index (χ1n) is 7.28. The molecule has 118 valence electrons. The predicted octanol–water partition coefficient (Wildman–Crippen LogP) is 1.76. The molecule has 1 amide bonds. The molecule has 1 aromatic rings. The van der Waals surface area contributed by atoms with E-state index in [0.29, 0.717) is 15.8 Å². The molecule has 6 nitrogen and oxygen atoms in total. The Balaban J connectivity index is 2.02. The average molecular weight is 311 g/mol. The van der Waals surface area contributed by atoms with E-state index in [1.807, 2.05) is 20.8 Å². The Labute approximate surface area is 130 Å². The van der Waals surface area contributed by atoms with Gasteiger partial charge in [-0.15, -0.1) is 0 Å². The molecule has 0 radical (unpaired) electrons. The molecule has 2 rings (SSSR count). The van der Waals surface area contributed by atoms with Crippen LogP contribution >= 0.6 is 11.3 Å². The van der Waals surface area contributed by atoms with Gasteiger partial charge in [0.2, 0.25) is 0 Å². The SMILES string of the molecule is CN1CCCC(NC(=O)c2sc(NC(C)(C)C)nc2N)C1. The van der Waals surface area contributed by atoms with E-state index in [1.165, 1.54) is 11.3 Å². The summed E-state index contributed by atoms with van der Waals surface area (Å²) in [5, 5.41) is 7.00. The zero-order valence-corrected chi connectivity index (χ0v) is 14.0. The number of likely N-dealkylation sites (N-methyl/N-ethyl adjacent to an activating group) is 1. The van der Waals surface area contributed by atoms with Gasteiger partial charge >= 0.3 is 0 Å². The lowest BCUT2D eigenvalue weighted by Crippen LogP contribution is -2.46. The number of rotatable bonds is 3. The molecule has 0 aromatic carbocycles. The third kappa shape index (κ3) is 4.57. The molecule has 0 bridgehead atoms. The molecule has 1 aliphatic rings. The van der Waals surface area contributed by atoms with Crippen LogP contribution in [-0.4, -0.2) is 47.5 Å². The normalized spacial score (nSPS) is 20.3. The number of carbonyl (C=O) groups excluding carboxylic acids is 1. The summed E-state index contributed by atoms with van der Waals surface area (Å²) in [6.45, 7) is 8.11. The number of nitrogens with one attached hydrogen (secondary N) is 2. The van der Waals surface area contributed by atoms with Gasteiger partial charge in [0.05, 0.1) is 0 Å². The van der Waals surface area contributed by atoms with E-state index in [1.54, 1.807) is 0 Å². The third-order valence-electron chi connectivity index (χ3n) is 3.30. The van der Waals surface area contributed by atoms with E-state index in [4.69, 9.17) is 5.73 Å². The maximum Gasteiger partial charge on any atom is 0.265 e. The first kappa shape index (κ1) is 16.0. The third-order valence-corrected chi connectivity index (χ3v) is 4.29. The topological polar surface area (TPSA) is 83.3 Å². The Morgan fingerprint density at radius 2 is 2.19 bits per heavy atom. The fraction of sp³-hybridized carbons (Fsp3) is 0.714. The highest BCUT2D eigenvalue weighted by atomic mass is 32.1. The van der Waals surface area contributed by atoms with E-state index in [0.717, 1.165) is 25.9 Å². The van der Waals surface area contributed by atoms with Crippen molar-refractivity contribution in [2.75, 3.05) is 31.2 Å². The number of hydrogen-bond acceptors (Lipinski definition) is 6. The Hall–Kier alpha value is -1.34. The fourth-order valence-corrected chi connectivity index (χ4v) is 3.40. The lowest BCUT2D eigenvalue weighted by atomic mass is 10.1. The summed E-state index contributed by atoms with van der Waals surface area (Å²) in [6.07, 6.45) is 2.12. The molecule has 4 N–H and O–H groups in total. The number of nitrogen functional groups attached to an aromatic ring is 1. The quantitative estimate of drug-likeness (QED) is 0.792. The van der Waals surface area contributed by atoms with Crippen molar-refractivity contribution in [1.82, 2.24) is 15.2 Å². The zero-order chi connectivity index (χ0) is 15.6. The summed E-state index contributed by atoms with van der Waals surface area (Å²) in [5.74, 6) is 0.181. The molecule has 1 unspecified atom stereocenters. The second-order valence-electron chi connectivity index (χ2n) is 6.68. The van der Waals surface area contributed by atoms with Crippen LogP contribution in [0, 0.1) is 0 Å². The van der Waals surface area contributed by atoms with Crippen molar-refractivity contribution in [3.63, 3.8) is 0 Å². The van der Waals surface area contributed by atoms with Gasteiger partial charge in [-0.25, -0.2) is 4.98 Å². The van der Waals surface area contributed by atoms with Crippen molar-refractivity contribution in [2.45, 2.75) is 45.2 Å². The van der Waals surface area contributed by atoms with Crippen molar-refractivity contribution >= 4 is 28.2 Å². The van der Waals surface area contributed by atoms with E-state index in [9.17, 15) is 4.79 Å². The molecule has 0 aliphatic carbocycles. The molecule has 1 aromatic heterocycles. The average Bonchev–Trinajstić information content (AvgIpc) is 2.67. The van der Waals surface area contributed by atoms with E-state index < -0.39 is 0 Å². The van der Waals surface area contributed by atoms with Gasteiger partial charge in [-0.05, 0) is 47.2 Å². The van der Waals surface area contributed by atoms with E-state index in [2.05, 4.69) is 27.6 Å². The molecule has 1 fully saturated rings. The van der Waals surface area contributed by atoms with Gasteiger partial charge < -0.3 is 21.3 Å². The van der Waals surface area contributed by atoms with Gasteiger partial charge in [-0.1, -0.05) is 11.3 Å². The summed E-state index contributed by atoms with van der Waals surface area (Å²) < 4.78 is 0. The van der Waals surface area contributed by atoms with Crippen LogP contribution in [0.1, 0.15) is 43.3 Å². The number of nitrogens with two attached hydrogens (primary N) is 1. The van der Waals surface area contributed by atoms with Crippen LogP contribution in [-0.2, 0) is 0 Å². The zero-order valence-electron chi connectivity index (χ0n) is 13.2. The second kappa shape index (κ2) is 6.19. The van der Waals surface area contributed by atoms with Crippen molar-refractivity contribution in [1.29, 1.82) is 0 Å². The molecular weight excluding hydrogens is 286 g/mol. The Morgan fingerprint density at radius 3 is 2.81 bits per heavy atom. The Kier molecular flexibility index (Phi) is 4.73. The van der Waals surface area contributed by atoms with E-state index in [-0.39, 0.29) is 17.5 Å². The minimum atomic E-state index is -0.118. The van der Waals surface area contributed by atoms with Crippen LogP contribution in [0.4, 0.5) is 10.9 Å². The number of anilines is 2. The summed E-state index contributed by atoms with van der Waals surface area (Å²) in [5.41, 5.74) is 5.77. The molecule has 0 spiro atoms. The van der Waals surface area contributed by atoms with Crippen molar-refractivity contribution in [2.24, 2.45) is 0 Å². The number of nitrogens with zero attached hydrogens (tertiary/aromatic N) is 2. The van der Waals surface area contributed by atoms with E-state index >= 15 is 0 Å². The van der Waals surface area contributed by atoms with Crippen LogP contribution in [0.25, 0.3) is 0 Å². The predicted molar refractivity (Wildman–Crippen MR) is 87.9 cm³/mol. The smallest absolute Gasteiger partial charge is 0.265 e. The summed E-state index contributed by atoms with van der Waals surface area (Å²) >= 11 is 1.31. The van der Waals surface area contributed by atoms with Gasteiger partial charge in [0.25, 0.3) is 5.91 Å². The lowest BCUT2D eigenvalue weighted by Gasteiger charge is -2.30. The van der Waals surface area contributed by atoms with Crippen LogP contribution in [0.3, 0.4) is 0 Å². The number of hydrogen-bond donors (Lipinski definition) is 3. The minimum Gasteiger partial charge on any atom is -0.382 e. The number of aromatic nitrogens is 1. The molecular formula is C14H25N5OS. The largest absolute Gasteiger partial charge is 0.382 e. The molecule has 1 aliphatic heterocycles.